The fraction of sp³-hybridized carbons (Fsp3) is 0.364. The van der Waals surface area contributed by atoms with Crippen LogP contribution in [0.1, 0.15) is 49.2 Å². The zero-order valence-corrected chi connectivity index (χ0v) is 16.0. The van der Waals surface area contributed by atoms with Gasteiger partial charge in [-0.15, -0.1) is 0 Å². The third-order valence-electron chi connectivity index (χ3n) is 5.31. The predicted molar refractivity (Wildman–Crippen MR) is 105 cm³/mol. The Balaban J connectivity index is 1.38. The second-order valence-electron chi connectivity index (χ2n) is 7.09. The molecule has 1 aliphatic heterocycles. The van der Waals surface area contributed by atoms with Gasteiger partial charge >= 0.3 is 0 Å². The molecule has 0 N–H and O–H groups in total. The van der Waals surface area contributed by atoms with Crippen LogP contribution in [-0.4, -0.2) is 32.5 Å². The van der Waals surface area contributed by atoms with E-state index in [9.17, 15) is 4.79 Å². The highest BCUT2D eigenvalue weighted by molar-refractivity contribution is 5.77. The minimum absolute atomic E-state index is 0.131. The highest BCUT2D eigenvalue weighted by Crippen LogP contribution is 2.32. The molecular weight excluding hydrogens is 352 g/mol. The maximum Gasteiger partial charge on any atom is 0.227 e. The Morgan fingerprint density at radius 2 is 1.96 bits per heavy atom. The van der Waals surface area contributed by atoms with Gasteiger partial charge in [-0.2, -0.15) is 4.98 Å². The average Bonchev–Trinajstić information content (AvgIpc) is 3.43. The van der Waals surface area contributed by atoms with Gasteiger partial charge in [0.05, 0.1) is 6.04 Å². The lowest BCUT2D eigenvalue weighted by Gasteiger charge is -2.24. The van der Waals surface area contributed by atoms with E-state index < -0.39 is 0 Å². The molecule has 6 heteroatoms. The number of hydrogen-bond donors (Lipinski definition) is 0. The SMILES string of the molecule is CCc1ccc(-c2noc(CCC(=O)N3CCC[C@@H]3c3ccncc3)n2)cc1. The molecule has 3 aromatic rings. The van der Waals surface area contributed by atoms with E-state index in [1.165, 1.54) is 5.56 Å². The summed E-state index contributed by atoms with van der Waals surface area (Å²) in [7, 11) is 0. The van der Waals surface area contributed by atoms with Crippen LogP contribution in [0.4, 0.5) is 0 Å². The molecule has 3 heterocycles. The van der Waals surface area contributed by atoms with Crippen molar-refractivity contribution in [2.45, 2.75) is 45.1 Å². The summed E-state index contributed by atoms with van der Waals surface area (Å²) in [5.74, 6) is 1.20. The summed E-state index contributed by atoms with van der Waals surface area (Å²) in [4.78, 5) is 23.3. The van der Waals surface area contributed by atoms with E-state index in [2.05, 4.69) is 34.2 Å². The van der Waals surface area contributed by atoms with Gasteiger partial charge in [0.25, 0.3) is 0 Å². The van der Waals surface area contributed by atoms with Gasteiger partial charge < -0.3 is 9.42 Å². The fourth-order valence-electron chi connectivity index (χ4n) is 3.72. The van der Waals surface area contributed by atoms with Crippen molar-refractivity contribution >= 4 is 5.91 Å². The number of aryl methyl sites for hydroxylation is 2. The Morgan fingerprint density at radius 1 is 1.18 bits per heavy atom. The summed E-state index contributed by atoms with van der Waals surface area (Å²) in [5.41, 5.74) is 3.35. The van der Waals surface area contributed by atoms with Crippen LogP contribution in [0.3, 0.4) is 0 Å². The van der Waals surface area contributed by atoms with Crippen LogP contribution in [0.15, 0.2) is 53.3 Å². The first-order valence-corrected chi connectivity index (χ1v) is 9.86. The van der Waals surface area contributed by atoms with Gasteiger partial charge in [0, 0.05) is 37.3 Å². The number of aromatic nitrogens is 3. The van der Waals surface area contributed by atoms with Crippen molar-refractivity contribution < 1.29 is 9.32 Å². The summed E-state index contributed by atoms with van der Waals surface area (Å²) < 4.78 is 5.36. The highest BCUT2D eigenvalue weighted by atomic mass is 16.5. The molecule has 0 radical (unpaired) electrons. The molecule has 1 fully saturated rings. The average molecular weight is 376 g/mol. The van der Waals surface area contributed by atoms with Crippen molar-refractivity contribution in [3.05, 3.63) is 65.8 Å². The van der Waals surface area contributed by atoms with Crippen LogP contribution >= 0.6 is 0 Å². The Morgan fingerprint density at radius 3 is 2.71 bits per heavy atom. The standard InChI is InChI=1S/C22H24N4O2/c1-2-16-5-7-18(8-6-16)22-24-20(28-25-22)9-10-21(27)26-15-3-4-19(26)17-11-13-23-14-12-17/h5-8,11-14,19H,2-4,9-10,15H2,1H3/t19-/m1/s1. The molecule has 1 saturated heterocycles. The Kier molecular flexibility index (Phi) is 5.46. The highest BCUT2D eigenvalue weighted by Gasteiger charge is 2.29. The lowest BCUT2D eigenvalue weighted by molar-refractivity contribution is -0.132. The molecule has 6 nitrogen and oxygen atoms in total. The first-order valence-electron chi connectivity index (χ1n) is 9.86. The van der Waals surface area contributed by atoms with Crippen LogP contribution < -0.4 is 0 Å². The number of pyridine rings is 1. The van der Waals surface area contributed by atoms with Gasteiger partial charge in [-0.25, -0.2) is 0 Å². The second-order valence-corrected chi connectivity index (χ2v) is 7.09. The van der Waals surface area contributed by atoms with Crippen LogP contribution in [0.5, 0.6) is 0 Å². The van der Waals surface area contributed by atoms with Gasteiger partial charge in [0.15, 0.2) is 0 Å². The minimum Gasteiger partial charge on any atom is -0.339 e. The topological polar surface area (TPSA) is 72.1 Å². The Bertz CT molecular complexity index is 921. The van der Waals surface area contributed by atoms with E-state index in [1.54, 1.807) is 12.4 Å². The molecule has 0 bridgehead atoms. The van der Waals surface area contributed by atoms with Crippen molar-refractivity contribution in [1.82, 2.24) is 20.0 Å². The van der Waals surface area contributed by atoms with Crippen molar-refractivity contribution in [1.29, 1.82) is 0 Å². The van der Waals surface area contributed by atoms with Crippen molar-refractivity contribution in [3.63, 3.8) is 0 Å². The Hall–Kier alpha value is -3.02. The summed E-state index contributed by atoms with van der Waals surface area (Å²) in [6.45, 7) is 2.92. The third kappa shape index (κ3) is 3.96. The zero-order valence-electron chi connectivity index (χ0n) is 16.0. The number of benzene rings is 1. The summed E-state index contributed by atoms with van der Waals surface area (Å²) in [6, 6.07) is 12.3. The largest absolute Gasteiger partial charge is 0.339 e. The molecule has 28 heavy (non-hydrogen) atoms. The Labute approximate surface area is 164 Å². The minimum atomic E-state index is 0.131. The van der Waals surface area contributed by atoms with Crippen molar-refractivity contribution in [2.24, 2.45) is 0 Å². The number of likely N-dealkylation sites (tertiary alicyclic amines) is 1. The van der Waals surface area contributed by atoms with E-state index in [-0.39, 0.29) is 11.9 Å². The summed E-state index contributed by atoms with van der Waals surface area (Å²) in [6.07, 6.45) is 7.41. The number of carbonyl (C=O) groups excluding carboxylic acids is 1. The van der Waals surface area contributed by atoms with E-state index >= 15 is 0 Å². The lowest BCUT2D eigenvalue weighted by Crippen LogP contribution is -2.30. The predicted octanol–water partition coefficient (Wildman–Crippen LogP) is 3.99. The van der Waals surface area contributed by atoms with Gasteiger partial charge in [-0.1, -0.05) is 36.3 Å². The number of hydrogen-bond acceptors (Lipinski definition) is 5. The monoisotopic (exact) mass is 376 g/mol. The molecule has 144 valence electrons. The summed E-state index contributed by atoms with van der Waals surface area (Å²) >= 11 is 0. The van der Waals surface area contributed by atoms with Crippen LogP contribution in [0.25, 0.3) is 11.4 Å². The summed E-state index contributed by atoms with van der Waals surface area (Å²) in [5, 5.41) is 4.06. The van der Waals surface area contributed by atoms with Crippen LogP contribution in [0.2, 0.25) is 0 Å². The van der Waals surface area contributed by atoms with E-state index in [0.29, 0.717) is 24.6 Å². The first-order chi connectivity index (χ1) is 13.7. The lowest BCUT2D eigenvalue weighted by atomic mass is 10.1. The molecule has 2 aromatic heterocycles. The molecule has 1 aliphatic rings. The smallest absolute Gasteiger partial charge is 0.227 e. The fourth-order valence-corrected chi connectivity index (χ4v) is 3.72. The van der Waals surface area contributed by atoms with Crippen LogP contribution in [0, 0.1) is 0 Å². The van der Waals surface area contributed by atoms with Gasteiger partial charge in [0.2, 0.25) is 17.6 Å². The quantitative estimate of drug-likeness (QED) is 0.650. The molecule has 0 unspecified atom stereocenters. The molecule has 4 rings (SSSR count). The number of amides is 1. The molecule has 1 aromatic carbocycles. The number of rotatable bonds is 6. The van der Waals surface area contributed by atoms with E-state index in [1.807, 2.05) is 29.2 Å². The molecule has 0 saturated carbocycles. The zero-order chi connectivity index (χ0) is 19.3. The molecule has 1 atom stereocenters. The molecule has 0 spiro atoms. The van der Waals surface area contributed by atoms with Gasteiger partial charge in [0.1, 0.15) is 0 Å². The maximum atomic E-state index is 12.8. The first kappa shape index (κ1) is 18.3. The van der Waals surface area contributed by atoms with E-state index in [4.69, 9.17) is 4.52 Å². The molecular formula is C22H24N4O2. The second kappa shape index (κ2) is 8.33. The normalized spacial score (nSPS) is 16.5. The molecule has 1 amide bonds. The molecule has 0 aliphatic carbocycles. The van der Waals surface area contributed by atoms with Gasteiger partial charge in [-0.05, 0) is 42.5 Å². The van der Waals surface area contributed by atoms with Gasteiger partial charge in [-0.3, -0.25) is 9.78 Å². The number of nitrogens with zero attached hydrogens (tertiary/aromatic N) is 4. The van der Waals surface area contributed by atoms with Crippen molar-refractivity contribution in [3.8, 4) is 11.4 Å². The van der Waals surface area contributed by atoms with Crippen molar-refractivity contribution in [2.75, 3.05) is 6.54 Å². The van der Waals surface area contributed by atoms with E-state index in [0.717, 1.165) is 36.9 Å². The third-order valence-corrected chi connectivity index (χ3v) is 5.31. The number of carbonyl (C=O) groups is 1. The maximum absolute atomic E-state index is 12.8. The van der Waals surface area contributed by atoms with Crippen LogP contribution in [-0.2, 0) is 17.6 Å².